The minimum atomic E-state index is -4.50. The van der Waals surface area contributed by atoms with Crippen LogP contribution in [-0.4, -0.2) is 237 Å². The van der Waals surface area contributed by atoms with Gasteiger partial charge in [0.25, 0.3) is 29.5 Å². The predicted molar refractivity (Wildman–Crippen MR) is 424 cm³/mol. The summed E-state index contributed by atoms with van der Waals surface area (Å²) in [6.07, 6.45) is 12.0. The second-order valence-corrected chi connectivity index (χ2v) is 31.3. The van der Waals surface area contributed by atoms with E-state index in [1.54, 1.807) is 47.4 Å². The van der Waals surface area contributed by atoms with Crippen molar-refractivity contribution in [3.63, 3.8) is 0 Å². The number of aromatic amines is 1. The third kappa shape index (κ3) is 24.0. The Labute approximate surface area is 666 Å². The van der Waals surface area contributed by atoms with Gasteiger partial charge in [0.1, 0.15) is 10.6 Å². The smallest absolute Gasteiger partial charge is 0.315 e. The summed E-state index contributed by atoms with van der Waals surface area (Å²) in [5.74, 6) is -2.87. The van der Waals surface area contributed by atoms with Gasteiger partial charge in [-0.15, -0.1) is 0 Å². The van der Waals surface area contributed by atoms with Gasteiger partial charge in [0.2, 0.25) is 27.7 Å². The number of benzene rings is 4. The number of fused-ring (bicyclic) bond motifs is 1. The molecule has 6 heterocycles. The number of halogens is 4. The number of amides is 10. The highest BCUT2D eigenvalue weighted by molar-refractivity contribution is 8.00. The van der Waals surface area contributed by atoms with Gasteiger partial charge in [-0.2, -0.15) is 26.3 Å². The second-order valence-electron chi connectivity index (χ2n) is 26.5. The lowest BCUT2D eigenvalue weighted by Crippen LogP contribution is -2.49. The van der Waals surface area contributed by atoms with Crippen LogP contribution in [0.3, 0.4) is 0 Å². The van der Waals surface area contributed by atoms with Crippen molar-refractivity contribution in [2.75, 3.05) is 133 Å². The predicted octanol–water partition coefficient (Wildman–Crippen LogP) is 7.75. The lowest BCUT2D eigenvalue weighted by molar-refractivity contribution is -0.122. The second kappa shape index (κ2) is 41.4. The molecule has 37 heteroatoms. The lowest BCUT2D eigenvalue weighted by Gasteiger charge is -2.33. The molecule has 0 bridgehead atoms. The Hall–Kier alpha value is -9.13. The van der Waals surface area contributed by atoms with Crippen LogP contribution in [0.2, 0.25) is 20.1 Å². The van der Waals surface area contributed by atoms with Crippen LogP contribution in [0.5, 0.6) is 0 Å². The standard InChI is InChI=1S/C74H89Cl4N17O14S2/c1-3-61(96)83-47-20-18-46(19-21-47)73(103)93-31-10-11-50(43-93)85-72(102)68-56(87-70(100)65-53(77)14-9-15-54(65)78)44-95(91-68)58-23-22-49(41-60(58)111(105,106)94-33-24-48(25-34-94)84-71(101)67-55(42-82-90-67)86-69(99)64-51(75)12-8-13-52(64)76)79-27-6-7-30-92(2)32-26-63(98)81-29-36-108-38-40-109-39-37-107-35-28-80-62(97)17-5-4-16-59-66-57(45-110-59)88-74(104)89-66/h3,6-9,12-15,18-23,41-42,44,48,50,57,59,66,79H,1,4-5,10-11,16-17,24-40,43,45H2,2H3,(H,80,97)(H,81,98)(H,82,90)(H,83,96)(H,84,101)(H,85,102)(H,86,99)(H,87,100)(H2,88,89,104)/b7-6+/t50-,57+,59+,66+/m1/s1. The van der Waals surface area contributed by atoms with Crippen LogP contribution in [0.1, 0.15) is 110 Å². The SMILES string of the molecule is C=CC(=O)Nc1ccc(C(=O)N2CCC[C@@H](NC(=O)c3nn(-c4ccc(NC/C=C/CN(C)CCC(=O)NCCOCCOCCOCCNC(=O)CCCC[C@@H]5SC[C@@H]6NC(=O)N[C@@H]65)cc4S(=O)(=O)N4CCC(NC(=O)c5[nH]ncc5NC(=O)c5c(Cl)cccc5Cl)CC4)cc3NC(=O)c3c(Cl)cccc3Cl)C2)cc1. The fourth-order valence-corrected chi connectivity index (χ4v) is 17.1. The maximum Gasteiger partial charge on any atom is 0.315 e. The topological polar surface area (TPSA) is 392 Å². The van der Waals surface area contributed by atoms with Crippen molar-refractivity contribution in [2.45, 2.75) is 92.1 Å². The molecule has 4 aliphatic heterocycles. The number of H-pyrrole nitrogens is 1. The average Bonchev–Trinajstić information content (AvgIpc) is 1.74. The van der Waals surface area contributed by atoms with E-state index < -0.39 is 51.6 Å². The first-order chi connectivity index (χ1) is 53.5. The number of aromatic nitrogens is 4. The number of piperidine rings is 2. The van der Waals surface area contributed by atoms with E-state index in [0.717, 1.165) is 31.1 Å². The maximum absolute atomic E-state index is 15.3. The van der Waals surface area contributed by atoms with Crippen molar-refractivity contribution in [3.05, 3.63) is 164 Å². The van der Waals surface area contributed by atoms with Crippen molar-refractivity contribution in [3.8, 4) is 5.69 Å². The van der Waals surface area contributed by atoms with Gasteiger partial charge in [0.15, 0.2) is 5.69 Å². The first-order valence-electron chi connectivity index (χ1n) is 36.3. The van der Waals surface area contributed by atoms with Crippen molar-refractivity contribution >= 4 is 144 Å². The average molecular weight is 1650 g/mol. The summed E-state index contributed by atoms with van der Waals surface area (Å²) in [5, 5.41) is 40.7. The molecule has 0 spiro atoms. The summed E-state index contributed by atoms with van der Waals surface area (Å²) < 4.78 is 49.9. The highest BCUT2D eigenvalue weighted by Crippen LogP contribution is 2.35. The molecule has 4 aliphatic rings. The molecular formula is C74H89Cl4N17O14S2. The van der Waals surface area contributed by atoms with E-state index in [1.807, 2.05) is 35.9 Å². The third-order valence-corrected chi connectivity index (χ3v) is 23.3. The zero-order valence-electron chi connectivity index (χ0n) is 60.9. The number of thioether (sulfide) groups is 1. The van der Waals surface area contributed by atoms with E-state index in [1.165, 1.54) is 57.8 Å². The number of hydrogen-bond donors (Lipinski definition) is 11. The Balaban J connectivity index is 0.729. The van der Waals surface area contributed by atoms with E-state index in [2.05, 4.69) is 75.0 Å². The summed E-state index contributed by atoms with van der Waals surface area (Å²) >= 11 is 27.4. The summed E-state index contributed by atoms with van der Waals surface area (Å²) in [6.45, 7) is 7.73. The third-order valence-electron chi connectivity index (χ3n) is 18.6. The Bertz CT molecular complexity index is 4430. The zero-order chi connectivity index (χ0) is 79.0. The molecule has 4 saturated heterocycles. The van der Waals surface area contributed by atoms with Gasteiger partial charge in [0.05, 0.1) is 112 Å². The molecule has 6 aromatic rings. The number of likely N-dealkylation sites (tertiary alicyclic amines) is 1. The summed E-state index contributed by atoms with van der Waals surface area (Å²) in [6, 6.07) is 19.1. The molecule has 31 nitrogen and oxygen atoms in total. The molecule has 111 heavy (non-hydrogen) atoms. The quantitative estimate of drug-likeness (QED) is 0.00760. The van der Waals surface area contributed by atoms with Gasteiger partial charge in [-0.1, -0.05) is 83.7 Å². The molecule has 4 fully saturated rings. The van der Waals surface area contributed by atoms with E-state index in [-0.39, 0.29) is 146 Å². The van der Waals surface area contributed by atoms with Crippen LogP contribution >= 0.6 is 58.2 Å². The van der Waals surface area contributed by atoms with Crippen LogP contribution in [0.15, 0.2) is 121 Å². The molecule has 0 aliphatic carbocycles. The fourth-order valence-electron chi connectivity index (χ4n) is 12.8. The fraction of sp³-hybridized carbons (Fsp3) is 0.419. The van der Waals surface area contributed by atoms with Gasteiger partial charge >= 0.3 is 6.03 Å². The number of nitrogens with one attached hydrogen (secondary N) is 11. The Morgan fingerprint density at radius 1 is 0.703 bits per heavy atom. The van der Waals surface area contributed by atoms with Crippen molar-refractivity contribution in [2.24, 2.45) is 0 Å². The minimum Gasteiger partial charge on any atom is -0.382 e. The number of likely N-dealkylation sites (N-methyl/N-ethyl adjacent to an activating group) is 1. The first kappa shape index (κ1) is 84.3. The molecule has 0 unspecified atom stereocenters. The van der Waals surface area contributed by atoms with Crippen LogP contribution < -0.4 is 53.2 Å². The van der Waals surface area contributed by atoms with Crippen molar-refractivity contribution in [1.29, 1.82) is 0 Å². The number of hydrogen-bond acceptors (Lipinski definition) is 19. The molecule has 0 saturated carbocycles. The summed E-state index contributed by atoms with van der Waals surface area (Å²) in [5.41, 5.74) is 0.535. The van der Waals surface area contributed by atoms with Crippen molar-refractivity contribution < 1.29 is 65.8 Å². The van der Waals surface area contributed by atoms with Gasteiger partial charge in [0, 0.05) is 112 Å². The molecule has 4 atom stereocenters. The molecular weight excluding hydrogens is 1560 g/mol. The molecule has 2 aromatic heterocycles. The van der Waals surface area contributed by atoms with Gasteiger partial charge in [-0.25, -0.2) is 17.9 Å². The number of carbonyl (C=O) groups is 9. The Morgan fingerprint density at radius 2 is 1.32 bits per heavy atom. The molecule has 10 amide bonds. The largest absolute Gasteiger partial charge is 0.382 e. The normalized spacial score (nSPS) is 17.2. The van der Waals surface area contributed by atoms with Gasteiger partial charge in [-0.05, 0) is 118 Å². The van der Waals surface area contributed by atoms with E-state index in [9.17, 15) is 43.2 Å². The number of carbonyl (C=O) groups excluding carboxylic acids is 9. The molecule has 11 N–H and O–H groups in total. The highest BCUT2D eigenvalue weighted by Gasteiger charge is 2.43. The lowest BCUT2D eigenvalue weighted by atomic mass is 10.0. The van der Waals surface area contributed by atoms with Gasteiger partial charge in [-0.3, -0.25) is 43.5 Å². The maximum atomic E-state index is 15.3. The number of sulfonamides is 1. The number of unbranched alkanes of at least 4 members (excludes halogenated alkanes) is 1. The minimum absolute atomic E-state index is 0.00470. The van der Waals surface area contributed by atoms with E-state index >= 15 is 8.42 Å². The molecule has 10 rings (SSSR count). The number of ether oxygens (including phenoxy) is 3. The Kier molecular flexibility index (Phi) is 31.5. The first-order valence-corrected chi connectivity index (χ1v) is 40.3. The van der Waals surface area contributed by atoms with Crippen LogP contribution in [0.25, 0.3) is 5.69 Å². The molecule has 0 radical (unpaired) electrons. The number of nitrogens with zero attached hydrogens (tertiary/aromatic N) is 6. The monoisotopic (exact) mass is 1640 g/mol. The Morgan fingerprint density at radius 3 is 1.98 bits per heavy atom. The zero-order valence-corrected chi connectivity index (χ0v) is 65.5. The van der Waals surface area contributed by atoms with Gasteiger partial charge < -0.3 is 77.2 Å². The van der Waals surface area contributed by atoms with E-state index in [4.69, 9.17) is 60.6 Å². The van der Waals surface area contributed by atoms with Crippen LogP contribution in [0, 0.1) is 0 Å². The number of rotatable bonds is 39. The highest BCUT2D eigenvalue weighted by atomic mass is 35.5. The van der Waals surface area contributed by atoms with Crippen LogP contribution in [-0.2, 0) is 38.6 Å². The van der Waals surface area contributed by atoms with Crippen LogP contribution in [0.4, 0.5) is 27.5 Å². The number of anilines is 4. The number of urea groups is 1. The summed E-state index contributed by atoms with van der Waals surface area (Å²) in [7, 11) is -2.64. The van der Waals surface area contributed by atoms with E-state index in [0.29, 0.717) is 114 Å². The summed E-state index contributed by atoms with van der Waals surface area (Å²) in [4.78, 5) is 122. The molecule has 594 valence electrons. The van der Waals surface area contributed by atoms with Crippen molar-refractivity contribution in [1.82, 2.24) is 66.0 Å². The molecule has 4 aromatic carbocycles.